The Balaban J connectivity index is 1.65. The van der Waals surface area contributed by atoms with Crippen LogP contribution in [0.15, 0.2) is 57.4 Å². The summed E-state index contributed by atoms with van der Waals surface area (Å²) in [6.45, 7) is 0. The minimum atomic E-state index is -0.599. The lowest BCUT2D eigenvalue weighted by Crippen LogP contribution is -1.89. The molecular weight excluding hydrogens is 304 g/mol. The number of nitrogens with zero attached hydrogens (tertiary/aromatic N) is 3. The average molecular weight is 314 g/mol. The van der Waals surface area contributed by atoms with Crippen LogP contribution in [0.25, 0.3) is 11.3 Å². The predicted octanol–water partition coefficient (Wildman–Crippen LogP) is 3.76. The molecule has 22 heavy (non-hydrogen) atoms. The van der Waals surface area contributed by atoms with Gasteiger partial charge < -0.3 is 4.42 Å². The van der Waals surface area contributed by atoms with Gasteiger partial charge in [0.25, 0.3) is 0 Å². The molecule has 7 nitrogen and oxygen atoms in total. The fourth-order valence-electron chi connectivity index (χ4n) is 1.73. The molecule has 3 rings (SSSR count). The fourth-order valence-corrected chi connectivity index (χ4v) is 2.40. The van der Waals surface area contributed by atoms with Crippen LogP contribution in [0, 0.1) is 10.1 Å². The van der Waals surface area contributed by atoms with Crippen molar-refractivity contribution in [3.05, 3.63) is 63.7 Å². The summed E-state index contributed by atoms with van der Waals surface area (Å²) in [5, 5.41) is 17.0. The molecule has 2 aromatic heterocycles. The van der Waals surface area contributed by atoms with E-state index in [-0.39, 0.29) is 5.88 Å². The van der Waals surface area contributed by atoms with E-state index in [1.807, 2.05) is 35.7 Å². The predicted molar refractivity (Wildman–Crippen MR) is 84.1 cm³/mol. The Morgan fingerprint density at radius 3 is 2.82 bits per heavy atom. The first-order chi connectivity index (χ1) is 10.7. The average Bonchev–Trinajstić information content (AvgIpc) is 3.18. The number of hydrogen-bond acceptors (Lipinski definition) is 7. The van der Waals surface area contributed by atoms with E-state index >= 15 is 0 Å². The van der Waals surface area contributed by atoms with Gasteiger partial charge >= 0.3 is 5.88 Å². The molecule has 0 bridgehead atoms. The molecule has 0 saturated heterocycles. The van der Waals surface area contributed by atoms with Crippen molar-refractivity contribution in [1.82, 2.24) is 4.98 Å². The van der Waals surface area contributed by atoms with Gasteiger partial charge in [0.1, 0.15) is 4.92 Å². The molecule has 110 valence electrons. The van der Waals surface area contributed by atoms with Gasteiger partial charge in [0.05, 0.1) is 18.0 Å². The Morgan fingerprint density at radius 2 is 2.09 bits per heavy atom. The van der Waals surface area contributed by atoms with Crippen molar-refractivity contribution in [2.24, 2.45) is 5.10 Å². The molecule has 8 heteroatoms. The molecular formula is C14H10N4O3S. The van der Waals surface area contributed by atoms with Crippen LogP contribution in [0.3, 0.4) is 0 Å². The number of benzene rings is 1. The van der Waals surface area contributed by atoms with Gasteiger partial charge in [0.15, 0.2) is 5.76 Å². The third-order valence-corrected chi connectivity index (χ3v) is 3.47. The monoisotopic (exact) mass is 314 g/mol. The van der Waals surface area contributed by atoms with E-state index in [0.717, 1.165) is 11.3 Å². The Labute approximate surface area is 129 Å². The molecule has 0 saturated carbocycles. The second-order valence-electron chi connectivity index (χ2n) is 4.21. The Morgan fingerprint density at radius 1 is 1.27 bits per heavy atom. The van der Waals surface area contributed by atoms with Crippen LogP contribution in [0.4, 0.5) is 11.0 Å². The zero-order chi connectivity index (χ0) is 15.4. The van der Waals surface area contributed by atoms with Gasteiger partial charge in [0, 0.05) is 10.9 Å². The number of nitro groups is 1. The van der Waals surface area contributed by atoms with Crippen molar-refractivity contribution >= 4 is 28.6 Å². The van der Waals surface area contributed by atoms with Gasteiger partial charge in [-0.25, -0.2) is 4.98 Å². The maximum Gasteiger partial charge on any atom is 0.433 e. The van der Waals surface area contributed by atoms with Crippen molar-refractivity contribution in [2.45, 2.75) is 0 Å². The molecule has 3 aromatic rings. The first kappa shape index (κ1) is 14.0. The van der Waals surface area contributed by atoms with Gasteiger partial charge in [-0.3, -0.25) is 15.5 Å². The highest BCUT2D eigenvalue weighted by atomic mass is 32.1. The van der Waals surface area contributed by atoms with Crippen LogP contribution < -0.4 is 5.43 Å². The summed E-state index contributed by atoms with van der Waals surface area (Å²) in [5.41, 5.74) is 4.65. The van der Waals surface area contributed by atoms with E-state index in [0.29, 0.717) is 10.9 Å². The van der Waals surface area contributed by atoms with E-state index in [1.165, 1.54) is 29.7 Å². The van der Waals surface area contributed by atoms with Crippen LogP contribution in [-0.2, 0) is 0 Å². The summed E-state index contributed by atoms with van der Waals surface area (Å²) in [7, 11) is 0. The molecule has 0 fully saturated rings. The van der Waals surface area contributed by atoms with Crippen LogP contribution >= 0.6 is 11.3 Å². The second kappa shape index (κ2) is 6.19. The number of hydrogen-bond donors (Lipinski definition) is 1. The lowest BCUT2D eigenvalue weighted by atomic mass is 10.2. The van der Waals surface area contributed by atoms with E-state index in [1.54, 1.807) is 0 Å². The normalized spacial score (nSPS) is 10.9. The van der Waals surface area contributed by atoms with Gasteiger partial charge in [-0.2, -0.15) is 5.10 Å². The Kier molecular flexibility index (Phi) is 3.92. The number of thiazole rings is 1. The van der Waals surface area contributed by atoms with Crippen molar-refractivity contribution in [3.8, 4) is 11.3 Å². The molecule has 1 aromatic carbocycles. The number of rotatable bonds is 5. The summed E-state index contributed by atoms with van der Waals surface area (Å²) in [6, 6.07) is 12.5. The van der Waals surface area contributed by atoms with Crippen LogP contribution in [0.5, 0.6) is 0 Å². The van der Waals surface area contributed by atoms with Crippen LogP contribution in [0.1, 0.15) is 5.76 Å². The smallest absolute Gasteiger partial charge is 0.400 e. The first-order valence-corrected chi connectivity index (χ1v) is 7.14. The third kappa shape index (κ3) is 3.18. The summed E-state index contributed by atoms with van der Waals surface area (Å²) in [6.07, 6.45) is 1.36. The summed E-state index contributed by atoms with van der Waals surface area (Å²) >= 11 is 1.41. The number of anilines is 1. The molecule has 0 aliphatic heterocycles. The van der Waals surface area contributed by atoms with E-state index in [2.05, 4.69) is 15.5 Å². The van der Waals surface area contributed by atoms with E-state index in [4.69, 9.17) is 4.42 Å². The molecule has 0 amide bonds. The molecule has 0 atom stereocenters. The molecule has 1 N–H and O–H groups in total. The number of furan rings is 1. The van der Waals surface area contributed by atoms with Crippen molar-refractivity contribution < 1.29 is 9.34 Å². The number of nitrogens with one attached hydrogen (secondary N) is 1. The number of aromatic nitrogens is 1. The standard InChI is InChI=1S/C14H10N4O3S/c19-18(20)13-7-6-11(21-13)8-15-17-14-16-12(9-22-14)10-4-2-1-3-5-10/h1-9H,(H,16,17). The summed E-state index contributed by atoms with van der Waals surface area (Å²) in [4.78, 5) is 14.3. The maximum absolute atomic E-state index is 10.5. The van der Waals surface area contributed by atoms with Gasteiger partial charge in [-0.1, -0.05) is 30.3 Å². The highest BCUT2D eigenvalue weighted by molar-refractivity contribution is 7.14. The van der Waals surface area contributed by atoms with Gasteiger partial charge in [0.2, 0.25) is 5.13 Å². The molecule has 0 spiro atoms. The van der Waals surface area contributed by atoms with Crippen LogP contribution in [0.2, 0.25) is 0 Å². The Hall–Kier alpha value is -3.00. The SMILES string of the molecule is O=[N+]([O-])c1ccc(C=NNc2nc(-c3ccccc3)cs2)o1. The van der Waals surface area contributed by atoms with Gasteiger partial charge in [-0.15, -0.1) is 11.3 Å². The Bertz CT molecular complexity index is 810. The molecule has 0 aliphatic rings. The zero-order valence-electron chi connectivity index (χ0n) is 11.2. The summed E-state index contributed by atoms with van der Waals surface area (Å²) < 4.78 is 4.95. The van der Waals surface area contributed by atoms with Crippen LogP contribution in [-0.4, -0.2) is 16.1 Å². The zero-order valence-corrected chi connectivity index (χ0v) is 12.0. The highest BCUT2D eigenvalue weighted by Crippen LogP contribution is 2.24. The fraction of sp³-hybridized carbons (Fsp3) is 0. The minimum Gasteiger partial charge on any atom is -0.400 e. The summed E-state index contributed by atoms with van der Waals surface area (Å²) in [5.74, 6) is -0.0268. The molecule has 0 aliphatic carbocycles. The van der Waals surface area contributed by atoms with Crippen molar-refractivity contribution in [2.75, 3.05) is 5.43 Å². The van der Waals surface area contributed by atoms with Crippen molar-refractivity contribution in [1.29, 1.82) is 0 Å². The van der Waals surface area contributed by atoms with E-state index < -0.39 is 4.92 Å². The largest absolute Gasteiger partial charge is 0.433 e. The minimum absolute atomic E-state index is 0.291. The third-order valence-electron chi connectivity index (χ3n) is 2.72. The highest BCUT2D eigenvalue weighted by Gasteiger charge is 2.10. The maximum atomic E-state index is 10.5. The molecule has 0 unspecified atom stereocenters. The first-order valence-electron chi connectivity index (χ1n) is 6.26. The quantitative estimate of drug-likeness (QED) is 0.439. The molecule has 2 heterocycles. The molecule has 0 radical (unpaired) electrons. The second-order valence-corrected chi connectivity index (χ2v) is 5.07. The van der Waals surface area contributed by atoms with Gasteiger partial charge in [-0.05, 0) is 6.07 Å². The number of hydrazone groups is 1. The lowest BCUT2D eigenvalue weighted by Gasteiger charge is -1.94. The topological polar surface area (TPSA) is 93.6 Å². The van der Waals surface area contributed by atoms with E-state index in [9.17, 15) is 10.1 Å². The lowest BCUT2D eigenvalue weighted by molar-refractivity contribution is -0.402. The van der Waals surface area contributed by atoms with Crippen molar-refractivity contribution in [3.63, 3.8) is 0 Å².